The standard InChI is InChI=1S/C15H24N2O/c1-10-7-11(2)13(12(3)8-10)9-17(16)14(18)15(4,5)6/h7-8H,9,16H2,1-6H3. The number of hydrazine groups is 1. The van der Waals surface area contributed by atoms with E-state index in [1.54, 1.807) is 0 Å². The van der Waals surface area contributed by atoms with Crippen molar-refractivity contribution in [3.63, 3.8) is 0 Å². The maximum absolute atomic E-state index is 12.1. The average Bonchev–Trinajstić information content (AvgIpc) is 2.20. The van der Waals surface area contributed by atoms with Gasteiger partial charge in [-0.3, -0.25) is 9.80 Å². The van der Waals surface area contributed by atoms with Crippen LogP contribution in [0.25, 0.3) is 0 Å². The predicted molar refractivity (Wildman–Crippen MR) is 74.8 cm³/mol. The minimum absolute atomic E-state index is 0.0399. The highest BCUT2D eigenvalue weighted by molar-refractivity contribution is 5.81. The highest BCUT2D eigenvalue weighted by atomic mass is 16.2. The van der Waals surface area contributed by atoms with Crippen LogP contribution < -0.4 is 5.84 Å². The van der Waals surface area contributed by atoms with Gasteiger partial charge >= 0.3 is 0 Å². The first kappa shape index (κ1) is 14.7. The van der Waals surface area contributed by atoms with Gasteiger partial charge in [0.25, 0.3) is 0 Å². The molecule has 0 aromatic heterocycles. The van der Waals surface area contributed by atoms with Gasteiger partial charge in [0, 0.05) is 5.41 Å². The van der Waals surface area contributed by atoms with Crippen molar-refractivity contribution >= 4 is 5.91 Å². The molecule has 1 amide bonds. The van der Waals surface area contributed by atoms with Crippen LogP contribution in [0.4, 0.5) is 0 Å². The van der Waals surface area contributed by atoms with Crippen LogP contribution in [-0.4, -0.2) is 10.9 Å². The molecule has 0 aliphatic carbocycles. The maximum atomic E-state index is 12.1. The van der Waals surface area contributed by atoms with Crippen LogP contribution in [0, 0.1) is 26.2 Å². The fourth-order valence-corrected chi connectivity index (χ4v) is 2.13. The van der Waals surface area contributed by atoms with E-state index in [-0.39, 0.29) is 5.91 Å². The fourth-order valence-electron chi connectivity index (χ4n) is 2.13. The topological polar surface area (TPSA) is 46.3 Å². The molecule has 3 heteroatoms. The number of carbonyl (C=O) groups excluding carboxylic acids is 1. The monoisotopic (exact) mass is 248 g/mol. The Morgan fingerprint density at radius 3 is 2.00 bits per heavy atom. The number of benzene rings is 1. The summed E-state index contributed by atoms with van der Waals surface area (Å²) >= 11 is 0. The summed E-state index contributed by atoms with van der Waals surface area (Å²) in [5.74, 6) is 5.86. The van der Waals surface area contributed by atoms with Gasteiger partial charge in [-0.2, -0.15) is 0 Å². The summed E-state index contributed by atoms with van der Waals surface area (Å²) in [6, 6.07) is 4.25. The first-order valence-electron chi connectivity index (χ1n) is 6.26. The normalized spacial score (nSPS) is 11.5. The Bertz CT molecular complexity index is 435. The molecule has 0 bridgehead atoms. The number of carbonyl (C=O) groups is 1. The van der Waals surface area contributed by atoms with Gasteiger partial charge < -0.3 is 0 Å². The second-order valence-electron chi connectivity index (χ2n) is 6.06. The number of nitrogens with zero attached hydrogens (tertiary/aromatic N) is 1. The largest absolute Gasteiger partial charge is 0.276 e. The summed E-state index contributed by atoms with van der Waals surface area (Å²) in [7, 11) is 0. The summed E-state index contributed by atoms with van der Waals surface area (Å²) in [4.78, 5) is 12.1. The Kier molecular flexibility index (Phi) is 4.17. The zero-order chi connectivity index (χ0) is 14.1. The Morgan fingerprint density at radius 1 is 1.17 bits per heavy atom. The highest BCUT2D eigenvalue weighted by Gasteiger charge is 2.26. The molecule has 18 heavy (non-hydrogen) atoms. The minimum Gasteiger partial charge on any atom is -0.276 e. The van der Waals surface area contributed by atoms with Gasteiger partial charge in [-0.15, -0.1) is 0 Å². The van der Waals surface area contributed by atoms with Crippen LogP contribution >= 0.6 is 0 Å². The Balaban J connectivity index is 2.96. The van der Waals surface area contributed by atoms with Gasteiger partial charge in [0.05, 0.1) is 6.54 Å². The molecule has 0 fully saturated rings. The third-order valence-corrected chi connectivity index (χ3v) is 3.07. The molecule has 0 atom stereocenters. The summed E-state index contributed by atoms with van der Waals surface area (Å²) in [6.45, 7) is 12.3. The number of rotatable bonds is 2. The van der Waals surface area contributed by atoms with E-state index >= 15 is 0 Å². The van der Waals surface area contributed by atoms with Crippen molar-refractivity contribution in [2.45, 2.75) is 48.1 Å². The zero-order valence-corrected chi connectivity index (χ0v) is 12.3. The van der Waals surface area contributed by atoms with Crippen molar-refractivity contribution in [1.29, 1.82) is 0 Å². The Morgan fingerprint density at radius 2 is 1.61 bits per heavy atom. The van der Waals surface area contributed by atoms with Gasteiger partial charge in [-0.25, -0.2) is 5.84 Å². The van der Waals surface area contributed by atoms with Crippen molar-refractivity contribution in [2.24, 2.45) is 11.3 Å². The molecule has 0 heterocycles. The quantitative estimate of drug-likeness (QED) is 0.497. The molecule has 1 aromatic carbocycles. The number of hydrogen-bond acceptors (Lipinski definition) is 2. The third-order valence-electron chi connectivity index (χ3n) is 3.07. The van der Waals surface area contributed by atoms with E-state index in [1.807, 2.05) is 20.8 Å². The maximum Gasteiger partial charge on any atom is 0.242 e. The molecule has 0 unspecified atom stereocenters. The lowest BCUT2D eigenvalue weighted by Gasteiger charge is -2.26. The molecule has 1 aromatic rings. The molecule has 0 aliphatic rings. The van der Waals surface area contributed by atoms with Crippen LogP contribution in [0.1, 0.15) is 43.0 Å². The van der Waals surface area contributed by atoms with Gasteiger partial charge in [0.1, 0.15) is 0 Å². The first-order valence-corrected chi connectivity index (χ1v) is 6.26. The molecule has 0 saturated carbocycles. The van der Waals surface area contributed by atoms with Crippen molar-refractivity contribution in [2.75, 3.05) is 0 Å². The predicted octanol–water partition coefficient (Wildman–Crippen LogP) is 2.86. The van der Waals surface area contributed by atoms with Gasteiger partial charge in [0.2, 0.25) is 5.91 Å². The van der Waals surface area contributed by atoms with Crippen LogP contribution in [-0.2, 0) is 11.3 Å². The summed E-state index contributed by atoms with van der Waals surface area (Å²) < 4.78 is 0. The second kappa shape index (κ2) is 5.11. The molecule has 1 rings (SSSR count). The fraction of sp³-hybridized carbons (Fsp3) is 0.533. The minimum atomic E-state index is -0.443. The molecular weight excluding hydrogens is 224 g/mol. The number of hydrogen-bond donors (Lipinski definition) is 1. The summed E-state index contributed by atoms with van der Waals surface area (Å²) in [5, 5.41) is 1.32. The molecular formula is C15H24N2O. The summed E-state index contributed by atoms with van der Waals surface area (Å²) in [6.07, 6.45) is 0. The lowest BCUT2D eigenvalue weighted by molar-refractivity contribution is -0.140. The van der Waals surface area contributed by atoms with Crippen molar-refractivity contribution < 1.29 is 4.79 Å². The van der Waals surface area contributed by atoms with E-state index in [9.17, 15) is 4.79 Å². The zero-order valence-electron chi connectivity index (χ0n) is 12.3. The third kappa shape index (κ3) is 3.33. The van der Waals surface area contributed by atoms with Crippen LogP contribution in [0.2, 0.25) is 0 Å². The number of nitrogens with two attached hydrogens (primary N) is 1. The van der Waals surface area contributed by atoms with Crippen LogP contribution in [0.5, 0.6) is 0 Å². The van der Waals surface area contributed by atoms with E-state index in [0.717, 1.165) is 5.56 Å². The van der Waals surface area contributed by atoms with Crippen molar-refractivity contribution in [3.8, 4) is 0 Å². The van der Waals surface area contributed by atoms with Gasteiger partial charge in [0.15, 0.2) is 0 Å². The molecule has 2 N–H and O–H groups in total. The second-order valence-corrected chi connectivity index (χ2v) is 6.06. The van der Waals surface area contributed by atoms with Gasteiger partial charge in [-0.1, -0.05) is 38.5 Å². The number of amides is 1. The lowest BCUT2D eigenvalue weighted by atomic mass is 9.94. The Labute approximate surface area is 110 Å². The Hall–Kier alpha value is -1.35. The number of aryl methyl sites for hydroxylation is 3. The highest BCUT2D eigenvalue weighted by Crippen LogP contribution is 2.21. The molecule has 0 aliphatic heterocycles. The smallest absolute Gasteiger partial charge is 0.242 e. The molecule has 0 spiro atoms. The SMILES string of the molecule is Cc1cc(C)c(CN(N)C(=O)C(C)(C)C)c(C)c1. The lowest BCUT2D eigenvalue weighted by Crippen LogP contribution is -2.43. The van der Waals surface area contributed by atoms with Crippen LogP contribution in [0.3, 0.4) is 0 Å². The van der Waals surface area contributed by atoms with Crippen LogP contribution in [0.15, 0.2) is 12.1 Å². The summed E-state index contributed by atoms with van der Waals surface area (Å²) in [5.41, 5.74) is 4.30. The molecule has 3 nitrogen and oxygen atoms in total. The first-order chi connectivity index (χ1) is 8.12. The van der Waals surface area contributed by atoms with E-state index in [0.29, 0.717) is 6.54 Å². The molecule has 0 radical (unpaired) electrons. The molecule has 0 saturated heterocycles. The van der Waals surface area contributed by atoms with E-state index < -0.39 is 5.41 Å². The van der Waals surface area contributed by atoms with E-state index in [1.165, 1.54) is 21.7 Å². The van der Waals surface area contributed by atoms with E-state index in [2.05, 4.69) is 32.9 Å². The van der Waals surface area contributed by atoms with E-state index in [4.69, 9.17) is 5.84 Å². The average molecular weight is 248 g/mol. The van der Waals surface area contributed by atoms with Gasteiger partial charge in [-0.05, 0) is 37.5 Å². The van der Waals surface area contributed by atoms with Crippen molar-refractivity contribution in [3.05, 3.63) is 34.4 Å². The molecule has 100 valence electrons. The van der Waals surface area contributed by atoms with Crippen molar-refractivity contribution in [1.82, 2.24) is 5.01 Å².